The zero-order valence-corrected chi connectivity index (χ0v) is 18.8. The molecule has 168 valence electrons. The fraction of sp³-hybridized carbons (Fsp3) is 0.542. The van der Waals surface area contributed by atoms with Gasteiger partial charge in [-0.1, -0.05) is 6.07 Å². The van der Waals surface area contributed by atoms with E-state index in [1.54, 1.807) is 6.20 Å². The number of aromatic nitrogens is 1. The molecule has 1 fully saturated rings. The number of likely N-dealkylation sites (tertiary alicyclic amines) is 1. The molecule has 2 heterocycles. The minimum absolute atomic E-state index is 0.0154. The summed E-state index contributed by atoms with van der Waals surface area (Å²) in [4.78, 5) is 31.8. The first-order valence-corrected chi connectivity index (χ1v) is 11.2. The fourth-order valence-electron chi connectivity index (χ4n) is 3.91. The molecule has 2 aromatic rings. The van der Waals surface area contributed by atoms with Crippen molar-refractivity contribution >= 4 is 28.4 Å². The van der Waals surface area contributed by atoms with Crippen molar-refractivity contribution in [3.8, 4) is 0 Å². The Morgan fingerprint density at radius 1 is 1.16 bits per heavy atom. The van der Waals surface area contributed by atoms with Crippen LogP contribution >= 0.6 is 0 Å². The third-order valence-corrected chi connectivity index (χ3v) is 5.80. The third-order valence-electron chi connectivity index (χ3n) is 5.80. The molecule has 0 bridgehead atoms. The second-order valence-corrected chi connectivity index (χ2v) is 8.42. The lowest BCUT2D eigenvalue weighted by atomic mass is 9.95. The van der Waals surface area contributed by atoms with Crippen molar-refractivity contribution in [2.45, 2.75) is 52.2 Å². The topological polar surface area (TPSA) is 83.6 Å². The van der Waals surface area contributed by atoms with Gasteiger partial charge in [-0.3, -0.25) is 19.5 Å². The van der Waals surface area contributed by atoms with Gasteiger partial charge in [0.15, 0.2) is 0 Å². The number of anilines is 1. The second kappa shape index (κ2) is 11.2. The van der Waals surface area contributed by atoms with Crippen LogP contribution in [0.2, 0.25) is 0 Å². The Morgan fingerprint density at radius 2 is 1.94 bits per heavy atom. The number of piperidine rings is 1. The summed E-state index contributed by atoms with van der Waals surface area (Å²) in [5, 5.41) is 7.00. The Kier molecular flexibility index (Phi) is 8.37. The molecule has 2 N–H and O–H groups in total. The minimum atomic E-state index is -0.260. The Morgan fingerprint density at radius 3 is 2.68 bits per heavy atom. The molecule has 3 rings (SSSR count). The molecule has 0 radical (unpaired) electrons. The summed E-state index contributed by atoms with van der Waals surface area (Å²) in [5.41, 5.74) is 1.63. The van der Waals surface area contributed by atoms with Gasteiger partial charge >= 0.3 is 0 Å². The minimum Gasteiger partial charge on any atom is -0.379 e. The molecular formula is C24H34N4O3. The number of rotatable bonds is 9. The van der Waals surface area contributed by atoms with E-state index in [0.717, 1.165) is 48.9 Å². The molecule has 2 amide bonds. The molecule has 1 atom stereocenters. The number of ether oxygens (including phenoxy) is 1. The number of carbonyl (C=O) groups is 2. The average molecular weight is 427 g/mol. The van der Waals surface area contributed by atoms with Crippen LogP contribution in [0.15, 0.2) is 36.5 Å². The van der Waals surface area contributed by atoms with E-state index < -0.39 is 0 Å². The van der Waals surface area contributed by atoms with Gasteiger partial charge < -0.3 is 15.4 Å². The normalized spacial score (nSPS) is 16.4. The van der Waals surface area contributed by atoms with E-state index in [-0.39, 0.29) is 29.9 Å². The smallest absolute Gasteiger partial charge is 0.241 e. The van der Waals surface area contributed by atoms with E-state index in [9.17, 15) is 9.59 Å². The van der Waals surface area contributed by atoms with Crippen LogP contribution in [0.5, 0.6) is 0 Å². The van der Waals surface area contributed by atoms with Crippen LogP contribution in [0.3, 0.4) is 0 Å². The molecule has 1 aromatic carbocycles. The molecule has 0 spiro atoms. The molecule has 1 saturated heterocycles. The van der Waals surface area contributed by atoms with Gasteiger partial charge in [0.1, 0.15) is 0 Å². The number of benzene rings is 1. The Hall–Kier alpha value is -2.51. The zero-order chi connectivity index (χ0) is 22.2. The van der Waals surface area contributed by atoms with Crippen molar-refractivity contribution in [2.24, 2.45) is 5.92 Å². The molecule has 1 aliphatic rings. The van der Waals surface area contributed by atoms with Gasteiger partial charge in [0, 0.05) is 30.7 Å². The number of nitrogens with zero attached hydrogens (tertiary/aromatic N) is 2. The predicted molar refractivity (Wildman–Crippen MR) is 123 cm³/mol. The van der Waals surface area contributed by atoms with Crippen molar-refractivity contribution in [1.82, 2.24) is 15.2 Å². The molecule has 0 aliphatic carbocycles. The summed E-state index contributed by atoms with van der Waals surface area (Å²) >= 11 is 0. The van der Waals surface area contributed by atoms with Crippen LogP contribution in [0.25, 0.3) is 10.9 Å². The van der Waals surface area contributed by atoms with Gasteiger partial charge in [0.2, 0.25) is 11.8 Å². The zero-order valence-electron chi connectivity index (χ0n) is 18.8. The van der Waals surface area contributed by atoms with Crippen LogP contribution in [-0.4, -0.2) is 60.1 Å². The first kappa shape index (κ1) is 23.2. The van der Waals surface area contributed by atoms with Gasteiger partial charge in [-0.15, -0.1) is 0 Å². The highest BCUT2D eigenvalue weighted by molar-refractivity contribution is 6.02. The number of amides is 2. The quantitative estimate of drug-likeness (QED) is 0.602. The lowest BCUT2D eigenvalue weighted by Crippen LogP contribution is -2.48. The van der Waals surface area contributed by atoms with Crippen molar-refractivity contribution in [3.63, 3.8) is 0 Å². The average Bonchev–Trinajstić information content (AvgIpc) is 2.78. The van der Waals surface area contributed by atoms with E-state index in [1.165, 1.54) is 0 Å². The van der Waals surface area contributed by atoms with E-state index in [0.29, 0.717) is 13.2 Å². The Balaban J connectivity index is 1.44. The van der Waals surface area contributed by atoms with E-state index in [4.69, 9.17) is 4.74 Å². The fourth-order valence-corrected chi connectivity index (χ4v) is 3.91. The molecule has 1 aliphatic heterocycles. The van der Waals surface area contributed by atoms with E-state index in [1.807, 2.05) is 51.1 Å². The van der Waals surface area contributed by atoms with Crippen molar-refractivity contribution in [2.75, 3.05) is 31.6 Å². The highest BCUT2D eigenvalue weighted by Gasteiger charge is 2.29. The Bertz CT molecular complexity index is 873. The molecule has 31 heavy (non-hydrogen) atoms. The summed E-state index contributed by atoms with van der Waals surface area (Å²) in [7, 11) is 0. The maximum absolute atomic E-state index is 12.9. The lowest BCUT2D eigenvalue weighted by molar-refractivity contribution is -0.127. The van der Waals surface area contributed by atoms with Gasteiger partial charge in [-0.05, 0) is 77.4 Å². The summed E-state index contributed by atoms with van der Waals surface area (Å²) < 4.78 is 5.50. The molecule has 7 nitrogen and oxygen atoms in total. The molecule has 1 aromatic heterocycles. The van der Waals surface area contributed by atoms with Crippen LogP contribution in [0.1, 0.15) is 40.0 Å². The highest BCUT2D eigenvalue weighted by Crippen LogP contribution is 2.23. The van der Waals surface area contributed by atoms with Gasteiger partial charge in [-0.25, -0.2) is 0 Å². The van der Waals surface area contributed by atoms with Crippen LogP contribution in [0, 0.1) is 5.92 Å². The first-order valence-electron chi connectivity index (χ1n) is 11.2. The largest absolute Gasteiger partial charge is 0.379 e. The van der Waals surface area contributed by atoms with E-state index >= 15 is 0 Å². The number of nitrogens with one attached hydrogen (secondary N) is 2. The monoisotopic (exact) mass is 426 g/mol. The summed E-state index contributed by atoms with van der Waals surface area (Å²) in [6.07, 6.45) is 4.32. The summed E-state index contributed by atoms with van der Waals surface area (Å²) in [6.45, 7) is 8.72. The maximum Gasteiger partial charge on any atom is 0.241 e. The first-order chi connectivity index (χ1) is 15.0. The number of hydrogen-bond donors (Lipinski definition) is 2. The van der Waals surface area contributed by atoms with Crippen LogP contribution in [0.4, 0.5) is 5.69 Å². The molecule has 7 heteroatoms. The van der Waals surface area contributed by atoms with E-state index in [2.05, 4.69) is 20.5 Å². The number of hydrogen-bond acceptors (Lipinski definition) is 5. The molecular weight excluding hydrogens is 392 g/mol. The van der Waals surface area contributed by atoms with Crippen LogP contribution in [-0.2, 0) is 14.3 Å². The molecule has 1 unspecified atom stereocenters. The summed E-state index contributed by atoms with van der Waals surface area (Å²) in [6, 6.07) is 9.30. The van der Waals surface area contributed by atoms with Crippen molar-refractivity contribution in [3.05, 3.63) is 36.5 Å². The Labute approximate surface area is 184 Å². The molecule has 0 saturated carbocycles. The highest BCUT2D eigenvalue weighted by atomic mass is 16.5. The number of pyridine rings is 1. The van der Waals surface area contributed by atoms with Gasteiger partial charge in [0.25, 0.3) is 0 Å². The predicted octanol–water partition coefficient (Wildman–Crippen LogP) is 3.21. The SMILES string of the molecule is CC(C)OCCCNC(=O)C1CCN(C(C)C(=O)Nc2cccc3ncccc23)CC1. The second-order valence-electron chi connectivity index (χ2n) is 8.42. The van der Waals surface area contributed by atoms with Gasteiger partial charge in [-0.2, -0.15) is 0 Å². The lowest BCUT2D eigenvalue weighted by Gasteiger charge is -2.34. The van der Waals surface area contributed by atoms with Crippen LogP contribution < -0.4 is 10.6 Å². The standard InChI is InChI=1S/C24H34N4O3/c1-17(2)31-16-6-13-26-24(30)19-10-14-28(15-11-19)18(3)23(29)27-22-9-4-8-21-20(22)7-5-12-25-21/h4-5,7-9,12,17-19H,6,10-11,13-16H2,1-3H3,(H,26,30)(H,27,29). The number of carbonyl (C=O) groups excluding carboxylic acids is 2. The third kappa shape index (κ3) is 6.48. The summed E-state index contributed by atoms with van der Waals surface area (Å²) in [5.74, 6) is 0.0932. The number of fused-ring (bicyclic) bond motifs is 1. The van der Waals surface area contributed by atoms with Gasteiger partial charge in [0.05, 0.1) is 23.3 Å². The maximum atomic E-state index is 12.9. The van der Waals surface area contributed by atoms with Crippen molar-refractivity contribution in [1.29, 1.82) is 0 Å². The van der Waals surface area contributed by atoms with Crippen molar-refractivity contribution < 1.29 is 14.3 Å².